The van der Waals surface area contributed by atoms with E-state index in [1.165, 1.54) is 26.1 Å². The maximum atomic E-state index is 5.52. The van der Waals surface area contributed by atoms with Crippen LogP contribution >= 0.6 is 0 Å². The first kappa shape index (κ1) is 11.7. The van der Waals surface area contributed by atoms with Crippen molar-refractivity contribution in [3.63, 3.8) is 0 Å². The van der Waals surface area contributed by atoms with E-state index in [0.29, 0.717) is 0 Å². The molecule has 0 aliphatic carbocycles. The Morgan fingerprint density at radius 1 is 1.50 bits per heavy atom. The molecule has 1 N–H and O–H groups in total. The molecular formula is C13H22N2O. The molecule has 3 nitrogen and oxygen atoms in total. The molecule has 1 unspecified atom stereocenters. The van der Waals surface area contributed by atoms with Gasteiger partial charge in [-0.05, 0) is 51.0 Å². The molecule has 1 saturated heterocycles. The van der Waals surface area contributed by atoms with E-state index < -0.39 is 0 Å². The predicted octanol–water partition coefficient (Wildman–Crippen LogP) is 2.02. The van der Waals surface area contributed by atoms with Gasteiger partial charge < -0.3 is 14.6 Å². The summed E-state index contributed by atoms with van der Waals surface area (Å²) in [5, 5.41) is 3.48. The number of hydrogen-bond donors (Lipinski definition) is 1. The molecule has 1 fully saturated rings. The van der Waals surface area contributed by atoms with Gasteiger partial charge in [0.2, 0.25) is 0 Å². The van der Waals surface area contributed by atoms with Gasteiger partial charge in [0.15, 0.2) is 0 Å². The smallest absolute Gasteiger partial charge is 0.117 e. The Bertz CT molecular complexity index is 321. The zero-order valence-electron chi connectivity index (χ0n) is 10.3. The summed E-state index contributed by atoms with van der Waals surface area (Å²) in [6.45, 7) is 9.89. The van der Waals surface area contributed by atoms with Gasteiger partial charge in [-0.3, -0.25) is 0 Å². The second-order valence-corrected chi connectivity index (χ2v) is 4.69. The van der Waals surface area contributed by atoms with E-state index in [-0.39, 0.29) is 0 Å². The molecule has 2 rings (SSSR count). The molecule has 3 heteroatoms. The minimum atomic E-state index is 0.816. The van der Waals surface area contributed by atoms with Crippen molar-refractivity contribution in [1.29, 1.82) is 0 Å². The van der Waals surface area contributed by atoms with Gasteiger partial charge in [0, 0.05) is 6.54 Å². The third-order valence-electron chi connectivity index (χ3n) is 3.35. The van der Waals surface area contributed by atoms with Crippen LogP contribution in [0, 0.1) is 12.8 Å². The van der Waals surface area contributed by atoms with Gasteiger partial charge in [-0.15, -0.1) is 0 Å². The molecule has 1 aromatic rings. The summed E-state index contributed by atoms with van der Waals surface area (Å²) in [4.78, 5) is 2.52. The van der Waals surface area contributed by atoms with Crippen molar-refractivity contribution >= 4 is 0 Å². The molecule has 0 radical (unpaired) electrons. The summed E-state index contributed by atoms with van der Waals surface area (Å²) < 4.78 is 5.52. The number of rotatable bonds is 5. The fraction of sp³-hybridized carbons (Fsp3) is 0.692. The average Bonchev–Trinajstić information content (AvgIpc) is 2.88. The van der Waals surface area contributed by atoms with E-state index in [1.54, 1.807) is 0 Å². The average molecular weight is 222 g/mol. The lowest BCUT2D eigenvalue weighted by Crippen LogP contribution is -2.26. The third kappa shape index (κ3) is 3.09. The second kappa shape index (κ2) is 5.51. The summed E-state index contributed by atoms with van der Waals surface area (Å²) in [6, 6.07) is 4.07. The normalized spacial score (nSPS) is 21.8. The number of aryl methyl sites for hydroxylation is 1. The maximum absolute atomic E-state index is 5.52. The van der Waals surface area contributed by atoms with Gasteiger partial charge in [0.05, 0.1) is 6.54 Å². The van der Waals surface area contributed by atoms with Crippen LogP contribution in [0.4, 0.5) is 0 Å². The van der Waals surface area contributed by atoms with Crippen molar-refractivity contribution in [3.8, 4) is 0 Å². The van der Waals surface area contributed by atoms with Crippen LogP contribution in [-0.2, 0) is 6.54 Å². The van der Waals surface area contributed by atoms with E-state index in [0.717, 1.165) is 30.5 Å². The highest BCUT2D eigenvalue weighted by Crippen LogP contribution is 2.14. The Morgan fingerprint density at radius 2 is 2.38 bits per heavy atom. The first-order valence-electron chi connectivity index (χ1n) is 6.26. The van der Waals surface area contributed by atoms with Crippen LogP contribution in [0.25, 0.3) is 0 Å². The Kier molecular flexibility index (Phi) is 4.02. The van der Waals surface area contributed by atoms with Gasteiger partial charge in [-0.25, -0.2) is 0 Å². The fourth-order valence-electron chi connectivity index (χ4n) is 2.35. The van der Waals surface area contributed by atoms with Crippen molar-refractivity contribution in [2.45, 2.75) is 26.8 Å². The topological polar surface area (TPSA) is 28.4 Å². The van der Waals surface area contributed by atoms with E-state index in [9.17, 15) is 0 Å². The van der Waals surface area contributed by atoms with Crippen molar-refractivity contribution in [3.05, 3.63) is 23.7 Å². The highest BCUT2D eigenvalue weighted by molar-refractivity contribution is 5.05. The Hall–Kier alpha value is -0.800. The lowest BCUT2D eigenvalue weighted by molar-refractivity contribution is 0.337. The number of hydrogen-bond acceptors (Lipinski definition) is 3. The minimum absolute atomic E-state index is 0.816. The first-order chi connectivity index (χ1) is 7.78. The van der Waals surface area contributed by atoms with Crippen LogP contribution < -0.4 is 5.32 Å². The predicted molar refractivity (Wildman–Crippen MR) is 65.4 cm³/mol. The van der Waals surface area contributed by atoms with Gasteiger partial charge in [0.1, 0.15) is 11.5 Å². The van der Waals surface area contributed by atoms with Crippen molar-refractivity contribution < 1.29 is 4.42 Å². The summed E-state index contributed by atoms with van der Waals surface area (Å²) >= 11 is 0. The molecule has 1 aliphatic heterocycles. The van der Waals surface area contributed by atoms with E-state index in [2.05, 4.69) is 23.2 Å². The molecule has 1 aliphatic rings. The van der Waals surface area contributed by atoms with Gasteiger partial charge >= 0.3 is 0 Å². The molecule has 0 aromatic carbocycles. The highest BCUT2D eigenvalue weighted by atomic mass is 16.3. The zero-order chi connectivity index (χ0) is 11.4. The minimum Gasteiger partial charge on any atom is -0.465 e. The van der Waals surface area contributed by atoms with E-state index in [1.807, 2.05) is 13.0 Å². The molecule has 1 aromatic heterocycles. The monoisotopic (exact) mass is 222 g/mol. The number of likely N-dealkylation sites (tertiary alicyclic amines) is 1. The molecule has 2 heterocycles. The van der Waals surface area contributed by atoms with Crippen LogP contribution in [-0.4, -0.2) is 31.1 Å². The van der Waals surface area contributed by atoms with Gasteiger partial charge in [0.25, 0.3) is 0 Å². The molecule has 90 valence electrons. The maximum Gasteiger partial charge on any atom is 0.117 e. The van der Waals surface area contributed by atoms with Crippen LogP contribution in [0.2, 0.25) is 0 Å². The molecule has 0 saturated carbocycles. The summed E-state index contributed by atoms with van der Waals surface area (Å²) in [5.41, 5.74) is 0. The van der Waals surface area contributed by atoms with E-state index in [4.69, 9.17) is 4.42 Å². The van der Waals surface area contributed by atoms with Crippen LogP contribution in [0.15, 0.2) is 16.5 Å². The molecule has 0 bridgehead atoms. The summed E-state index contributed by atoms with van der Waals surface area (Å²) in [6.07, 6.45) is 1.33. The van der Waals surface area contributed by atoms with Gasteiger partial charge in [-0.2, -0.15) is 0 Å². The van der Waals surface area contributed by atoms with Crippen LogP contribution in [0.3, 0.4) is 0 Å². The second-order valence-electron chi connectivity index (χ2n) is 4.69. The Labute approximate surface area is 97.8 Å². The quantitative estimate of drug-likeness (QED) is 0.826. The molecule has 0 spiro atoms. The van der Waals surface area contributed by atoms with Crippen molar-refractivity contribution in [1.82, 2.24) is 10.2 Å². The number of furan rings is 1. The fourth-order valence-corrected chi connectivity index (χ4v) is 2.35. The molecule has 16 heavy (non-hydrogen) atoms. The largest absolute Gasteiger partial charge is 0.465 e. The number of nitrogens with zero attached hydrogens (tertiary/aromatic N) is 1. The lowest BCUT2D eigenvalue weighted by Gasteiger charge is -2.13. The van der Waals surface area contributed by atoms with Crippen molar-refractivity contribution in [2.75, 3.05) is 26.2 Å². The Balaban J connectivity index is 1.65. The molecule has 1 atom stereocenters. The Morgan fingerprint density at radius 3 is 3.00 bits per heavy atom. The van der Waals surface area contributed by atoms with Crippen LogP contribution in [0.5, 0.6) is 0 Å². The first-order valence-corrected chi connectivity index (χ1v) is 6.26. The number of nitrogens with one attached hydrogen (secondary N) is 1. The SMILES string of the molecule is CCN1CCC(CNCc2ccc(C)o2)C1. The summed E-state index contributed by atoms with van der Waals surface area (Å²) in [5.74, 6) is 2.86. The lowest BCUT2D eigenvalue weighted by atomic mass is 10.1. The van der Waals surface area contributed by atoms with Crippen molar-refractivity contribution in [2.24, 2.45) is 5.92 Å². The van der Waals surface area contributed by atoms with E-state index >= 15 is 0 Å². The summed E-state index contributed by atoms with van der Waals surface area (Å²) in [7, 11) is 0. The molecule has 0 amide bonds. The zero-order valence-corrected chi connectivity index (χ0v) is 10.3. The molecular weight excluding hydrogens is 200 g/mol. The third-order valence-corrected chi connectivity index (χ3v) is 3.35. The highest BCUT2D eigenvalue weighted by Gasteiger charge is 2.20. The van der Waals surface area contributed by atoms with Gasteiger partial charge in [-0.1, -0.05) is 6.92 Å². The standard InChI is InChI=1S/C13H22N2O/c1-3-15-7-6-12(10-15)8-14-9-13-5-4-11(2)16-13/h4-5,12,14H,3,6-10H2,1-2H3. The van der Waals surface area contributed by atoms with Crippen LogP contribution in [0.1, 0.15) is 24.9 Å².